The molecule has 0 aromatic heterocycles. The van der Waals surface area contributed by atoms with Crippen LogP contribution in [0.3, 0.4) is 0 Å². The fourth-order valence-electron chi connectivity index (χ4n) is 2.66. The van der Waals surface area contributed by atoms with Crippen molar-refractivity contribution < 1.29 is 9.53 Å². The number of methoxy groups -OCH3 is 1. The molecule has 1 aromatic rings. The topological polar surface area (TPSA) is 67.6 Å². The Morgan fingerprint density at radius 3 is 2.79 bits per heavy atom. The maximum atomic E-state index is 11.1. The van der Waals surface area contributed by atoms with Crippen molar-refractivity contribution in [2.24, 2.45) is 5.73 Å². The number of urea groups is 1. The Balaban J connectivity index is 2.07. The third-order valence-corrected chi connectivity index (χ3v) is 3.56. The minimum atomic E-state index is -0.459. The van der Waals surface area contributed by atoms with Crippen LogP contribution in [0.25, 0.3) is 0 Å². The number of nitrogens with two attached hydrogens (primary N) is 1. The number of rotatable bonds is 5. The van der Waals surface area contributed by atoms with E-state index in [1.165, 1.54) is 5.56 Å². The van der Waals surface area contributed by atoms with Crippen molar-refractivity contribution in [3.05, 3.63) is 35.9 Å². The van der Waals surface area contributed by atoms with Crippen molar-refractivity contribution in [2.75, 3.05) is 33.4 Å². The quantitative estimate of drug-likeness (QED) is 0.824. The van der Waals surface area contributed by atoms with E-state index in [0.29, 0.717) is 6.61 Å². The number of carbonyl (C=O) groups excluding carboxylic acids is 1. The van der Waals surface area contributed by atoms with Crippen molar-refractivity contribution in [2.45, 2.75) is 12.0 Å². The van der Waals surface area contributed by atoms with Crippen LogP contribution in [0.4, 0.5) is 4.79 Å². The summed E-state index contributed by atoms with van der Waals surface area (Å²) in [6.45, 7) is 3.30. The molecule has 0 saturated carbocycles. The number of benzene rings is 1. The van der Waals surface area contributed by atoms with Gasteiger partial charge in [-0.15, -0.1) is 0 Å². The van der Waals surface area contributed by atoms with E-state index in [2.05, 4.69) is 22.3 Å². The fraction of sp³-hybridized carbons (Fsp3) is 0.500. The smallest absolute Gasteiger partial charge is 0.312 e. The Bertz CT molecular complexity index is 410. The van der Waals surface area contributed by atoms with Crippen molar-refractivity contribution >= 4 is 6.03 Å². The molecule has 2 rings (SSSR count). The molecule has 1 aliphatic heterocycles. The summed E-state index contributed by atoms with van der Waals surface area (Å²) in [5, 5.41) is 2.85. The second-order valence-electron chi connectivity index (χ2n) is 4.88. The van der Waals surface area contributed by atoms with Crippen LogP contribution in [0.5, 0.6) is 0 Å². The van der Waals surface area contributed by atoms with E-state index in [1.54, 1.807) is 7.11 Å². The van der Waals surface area contributed by atoms with E-state index >= 15 is 0 Å². The lowest BCUT2D eigenvalue weighted by Gasteiger charge is -2.18. The van der Waals surface area contributed by atoms with Crippen LogP contribution in [-0.4, -0.2) is 50.3 Å². The van der Waals surface area contributed by atoms with Gasteiger partial charge in [-0.3, -0.25) is 4.90 Å². The molecule has 2 atom stereocenters. The van der Waals surface area contributed by atoms with Gasteiger partial charge in [-0.1, -0.05) is 30.3 Å². The second-order valence-corrected chi connectivity index (χ2v) is 4.88. The zero-order chi connectivity index (χ0) is 13.7. The summed E-state index contributed by atoms with van der Waals surface area (Å²) in [6.07, 6.45) is 0. The zero-order valence-corrected chi connectivity index (χ0v) is 11.2. The van der Waals surface area contributed by atoms with Crippen LogP contribution in [0.15, 0.2) is 30.3 Å². The van der Waals surface area contributed by atoms with Crippen molar-refractivity contribution in [1.82, 2.24) is 10.2 Å². The van der Waals surface area contributed by atoms with Gasteiger partial charge in [0.15, 0.2) is 0 Å². The molecule has 0 radical (unpaired) electrons. The van der Waals surface area contributed by atoms with Crippen LogP contribution in [0.1, 0.15) is 11.5 Å². The molecule has 0 spiro atoms. The van der Waals surface area contributed by atoms with E-state index in [1.807, 2.05) is 18.2 Å². The van der Waals surface area contributed by atoms with Crippen LogP contribution < -0.4 is 11.1 Å². The molecular weight excluding hydrogens is 242 g/mol. The molecule has 2 amide bonds. The monoisotopic (exact) mass is 263 g/mol. The van der Waals surface area contributed by atoms with Crippen molar-refractivity contribution in [1.29, 1.82) is 0 Å². The lowest BCUT2D eigenvalue weighted by molar-refractivity contribution is 0.159. The van der Waals surface area contributed by atoms with E-state index in [0.717, 1.165) is 19.6 Å². The summed E-state index contributed by atoms with van der Waals surface area (Å²) >= 11 is 0. The molecule has 1 aromatic carbocycles. The Kier molecular flexibility index (Phi) is 4.76. The molecule has 1 aliphatic rings. The molecule has 0 aliphatic carbocycles. The third-order valence-electron chi connectivity index (χ3n) is 3.56. The molecule has 1 saturated heterocycles. The molecule has 19 heavy (non-hydrogen) atoms. The Hall–Kier alpha value is -1.59. The van der Waals surface area contributed by atoms with E-state index in [4.69, 9.17) is 10.5 Å². The van der Waals surface area contributed by atoms with Crippen LogP contribution in [0, 0.1) is 0 Å². The minimum Gasteiger partial charge on any atom is -0.383 e. The van der Waals surface area contributed by atoms with Gasteiger partial charge in [0, 0.05) is 32.7 Å². The molecule has 0 unspecified atom stereocenters. The summed E-state index contributed by atoms with van der Waals surface area (Å²) in [7, 11) is 1.70. The van der Waals surface area contributed by atoms with Crippen molar-refractivity contribution in [3.8, 4) is 0 Å². The molecule has 5 heteroatoms. The summed E-state index contributed by atoms with van der Waals surface area (Å²) in [5.74, 6) is 0.283. The lowest BCUT2D eigenvalue weighted by atomic mass is 9.94. The van der Waals surface area contributed by atoms with Crippen LogP contribution >= 0.6 is 0 Å². The maximum Gasteiger partial charge on any atom is 0.312 e. The first-order valence-corrected chi connectivity index (χ1v) is 6.53. The Morgan fingerprint density at radius 1 is 1.42 bits per heavy atom. The highest BCUT2D eigenvalue weighted by atomic mass is 16.5. The number of nitrogens with one attached hydrogen (secondary N) is 1. The SMILES string of the molecule is COCCN1C[C@H](NC(N)=O)[C@@H](c2ccccc2)C1. The number of carbonyl (C=O) groups is 1. The molecule has 104 valence electrons. The first kappa shape index (κ1) is 13.8. The summed E-state index contributed by atoms with van der Waals surface area (Å²) in [4.78, 5) is 13.4. The number of hydrogen-bond donors (Lipinski definition) is 2. The van der Waals surface area contributed by atoms with Gasteiger partial charge in [0.25, 0.3) is 0 Å². The largest absolute Gasteiger partial charge is 0.383 e. The van der Waals surface area contributed by atoms with E-state index < -0.39 is 6.03 Å². The summed E-state index contributed by atoms with van der Waals surface area (Å²) in [5.41, 5.74) is 6.50. The Labute approximate surface area is 113 Å². The highest BCUT2D eigenvalue weighted by molar-refractivity contribution is 5.72. The minimum absolute atomic E-state index is 0.0664. The van der Waals surface area contributed by atoms with E-state index in [9.17, 15) is 4.79 Å². The van der Waals surface area contributed by atoms with Gasteiger partial charge in [0.05, 0.1) is 12.6 Å². The number of primary amides is 1. The molecule has 1 fully saturated rings. The molecule has 0 bridgehead atoms. The third kappa shape index (κ3) is 3.68. The number of amides is 2. The zero-order valence-electron chi connectivity index (χ0n) is 11.2. The average Bonchev–Trinajstić information content (AvgIpc) is 2.79. The van der Waals surface area contributed by atoms with Gasteiger partial charge in [-0.25, -0.2) is 4.79 Å². The lowest BCUT2D eigenvalue weighted by Crippen LogP contribution is -2.42. The predicted molar refractivity (Wildman–Crippen MR) is 74.0 cm³/mol. The number of nitrogens with zero attached hydrogens (tertiary/aromatic N) is 1. The summed E-state index contributed by atoms with van der Waals surface area (Å²) < 4.78 is 5.11. The van der Waals surface area contributed by atoms with Gasteiger partial charge in [0.1, 0.15) is 0 Å². The first-order chi connectivity index (χ1) is 9.20. The maximum absolute atomic E-state index is 11.1. The van der Waals surface area contributed by atoms with Gasteiger partial charge in [0.2, 0.25) is 0 Å². The standard InChI is InChI=1S/C14H21N3O2/c1-19-8-7-17-9-12(11-5-3-2-4-6-11)13(10-17)16-14(15)18/h2-6,12-13H,7-10H2,1H3,(H3,15,16,18)/t12-,13+/m1/s1. The fourth-order valence-corrected chi connectivity index (χ4v) is 2.66. The van der Waals surface area contributed by atoms with Gasteiger partial charge < -0.3 is 15.8 Å². The highest BCUT2D eigenvalue weighted by Gasteiger charge is 2.34. The van der Waals surface area contributed by atoms with Gasteiger partial charge in [-0.2, -0.15) is 0 Å². The molecule has 5 nitrogen and oxygen atoms in total. The van der Waals surface area contributed by atoms with Crippen molar-refractivity contribution in [3.63, 3.8) is 0 Å². The first-order valence-electron chi connectivity index (χ1n) is 6.53. The normalized spacial score (nSPS) is 23.4. The molecule has 3 N–H and O–H groups in total. The van der Waals surface area contributed by atoms with Gasteiger partial charge >= 0.3 is 6.03 Å². The predicted octanol–water partition coefficient (Wildman–Crippen LogP) is 0.769. The second kappa shape index (κ2) is 6.54. The van der Waals surface area contributed by atoms with Crippen LogP contribution in [0.2, 0.25) is 0 Å². The van der Waals surface area contributed by atoms with Crippen LogP contribution in [-0.2, 0) is 4.74 Å². The van der Waals surface area contributed by atoms with Gasteiger partial charge in [-0.05, 0) is 5.56 Å². The number of hydrogen-bond acceptors (Lipinski definition) is 3. The molecule has 1 heterocycles. The molecular formula is C14H21N3O2. The summed E-state index contributed by atoms with van der Waals surface area (Å²) in [6, 6.07) is 9.84. The van der Waals surface area contributed by atoms with E-state index in [-0.39, 0.29) is 12.0 Å². The average molecular weight is 263 g/mol. The number of ether oxygens (including phenoxy) is 1. The highest BCUT2D eigenvalue weighted by Crippen LogP contribution is 2.27. The number of likely N-dealkylation sites (tertiary alicyclic amines) is 1. The Morgan fingerprint density at radius 2 is 2.16 bits per heavy atom.